The molecule has 3 unspecified atom stereocenters. The second-order valence-corrected chi connectivity index (χ2v) is 10.3. The molecule has 1 aromatic heterocycles. The van der Waals surface area contributed by atoms with Crippen molar-refractivity contribution >= 4 is 11.9 Å². The van der Waals surface area contributed by atoms with Crippen LogP contribution in [0.4, 0.5) is 4.79 Å². The van der Waals surface area contributed by atoms with Gasteiger partial charge < -0.3 is 9.64 Å². The Labute approximate surface area is 208 Å². The minimum atomic E-state index is -0.596. The van der Waals surface area contributed by atoms with E-state index in [0.717, 1.165) is 24.0 Å². The van der Waals surface area contributed by atoms with E-state index >= 15 is 0 Å². The Balaban J connectivity index is 1.65. The van der Waals surface area contributed by atoms with Crippen molar-refractivity contribution in [3.8, 4) is 0 Å². The lowest BCUT2D eigenvalue weighted by molar-refractivity contribution is -0.00213. The van der Waals surface area contributed by atoms with Crippen molar-refractivity contribution in [2.75, 3.05) is 6.54 Å². The summed E-state index contributed by atoms with van der Waals surface area (Å²) in [5.41, 5.74) is 2.28. The summed E-state index contributed by atoms with van der Waals surface area (Å²) in [5, 5.41) is 0. The van der Waals surface area contributed by atoms with Gasteiger partial charge in [-0.1, -0.05) is 60.7 Å². The lowest BCUT2D eigenvalue weighted by atomic mass is 9.75. The van der Waals surface area contributed by atoms with Crippen molar-refractivity contribution < 1.29 is 14.3 Å². The molecule has 3 atom stereocenters. The third-order valence-electron chi connectivity index (χ3n) is 6.60. The van der Waals surface area contributed by atoms with Crippen LogP contribution in [0.15, 0.2) is 85.2 Å². The number of piperidine rings is 1. The van der Waals surface area contributed by atoms with Gasteiger partial charge in [-0.15, -0.1) is 0 Å². The SMILES string of the molecule is CC(C)(C)OC(=O)N1CC(C(Cc2ccccc2)C(=O)c2ccncc2)CCC1c1ccccc1. The van der Waals surface area contributed by atoms with E-state index in [9.17, 15) is 9.59 Å². The summed E-state index contributed by atoms with van der Waals surface area (Å²) in [5.74, 6) is -0.131. The largest absolute Gasteiger partial charge is 0.444 e. The maximum atomic E-state index is 13.7. The van der Waals surface area contributed by atoms with Crippen LogP contribution in [0, 0.1) is 11.8 Å². The number of likely N-dealkylation sites (tertiary alicyclic amines) is 1. The third kappa shape index (κ3) is 6.36. The summed E-state index contributed by atoms with van der Waals surface area (Å²) in [4.78, 5) is 33.0. The Kier molecular flexibility index (Phi) is 7.64. The fourth-order valence-electron chi connectivity index (χ4n) is 4.94. The first kappa shape index (κ1) is 24.6. The molecular formula is C30H34N2O3. The van der Waals surface area contributed by atoms with Crippen molar-refractivity contribution in [2.45, 2.75) is 51.7 Å². The number of nitrogens with zero attached hydrogens (tertiary/aromatic N) is 2. The molecule has 4 rings (SSSR count). The van der Waals surface area contributed by atoms with Crippen LogP contribution in [-0.4, -0.2) is 33.9 Å². The standard InChI is InChI=1S/C30H34N2O3/c1-30(2,3)35-29(34)32-21-25(14-15-27(32)23-12-8-5-9-13-23)26(20-22-10-6-4-7-11-22)28(33)24-16-18-31-19-17-24/h4-13,16-19,25-27H,14-15,20-21H2,1-3H3. The number of Topliss-reactive ketones (excluding diaryl/α,β-unsaturated/α-hetero) is 1. The summed E-state index contributed by atoms with van der Waals surface area (Å²) in [6.07, 6.45) is 5.25. The van der Waals surface area contributed by atoms with Crippen LogP contribution in [0.1, 0.15) is 61.1 Å². The lowest BCUT2D eigenvalue weighted by Gasteiger charge is -2.42. The number of carbonyl (C=O) groups excluding carboxylic acids is 2. The molecule has 0 bridgehead atoms. The first-order valence-electron chi connectivity index (χ1n) is 12.3. The summed E-state index contributed by atoms with van der Waals surface area (Å²) in [6, 6.07) is 23.7. The molecule has 1 fully saturated rings. The van der Waals surface area contributed by atoms with Crippen LogP contribution in [0.25, 0.3) is 0 Å². The van der Waals surface area contributed by atoms with E-state index in [2.05, 4.69) is 29.2 Å². The van der Waals surface area contributed by atoms with E-state index in [-0.39, 0.29) is 29.8 Å². The highest BCUT2D eigenvalue weighted by Crippen LogP contribution is 2.39. The van der Waals surface area contributed by atoms with Gasteiger partial charge in [0.2, 0.25) is 0 Å². The van der Waals surface area contributed by atoms with Crippen LogP contribution >= 0.6 is 0 Å². The molecule has 0 N–H and O–H groups in total. The molecule has 0 aliphatic carbocycles. The van der Waals surface area contributed by atoms with Crippen LogP contribution < -0.4 is 0 Å². The summed E-state index contributed by atoms with van der Waals surface area (Å²) in [7, 11) is 0. The zero-order chi connectivity index (χ0) is 24.8. The lowest BCUT2D eigenvalue weighted by Crippen LogP contribution is -2.47. The van der Waals surface area contributed by atoms with E-state index < -0.39 is 5.60 Å². The van der Waals surface area contributed by atoms with E-state index in [1.807, 2.05) is 62.1 Å². The first-order valence-corrected chi connectivity index (χ1v) is 12.3. The van der Waals surface area contributed by atoms with Gasteiger partial charge in [-0.3, -0.25) is 9.78 Å². The van der Waals surface area contributed by atoms with Gasteiger partial charge in [0.05, 0.1) is 6.04 Å². The maximum Gasteiger partial charge on any atom is 0.410 e. The maximum absolute atomic E-state index is 13.7. The van der Waals surface area contributed by atoms with E-state index in [1.165, 1.54) is 0 Å². The number of pyridine rings is 1. The van der Waals surface area contributed by atoms with Gasteiger partial charge >= 0.3 is 6.09 Å². The van der Waals surface area contributed by atoms with Crippen LogP contribution in [0.5, 0.6) is 0 Å². The second kappa shape index (κ2) is 10.9. The Bertz CT molecular complexity index is 1110. The van der Waals surface area contributed by atoms with E-state index in [0.29, 0.717) is 18.5 Å². The molecule has 2 aromatic carbocycles. The molecule has 3 aromatic rings. The molecular weight excluding hydrogens is 436 g/mol. The van der Waals surface area contributed by atoms with Gasteiger partial charge in [0.15, 0.2) is 5.78 Å². The molecule has 0 radical (unpaired) electrons. The Morgan fingerprint density at radius 2 is 1.57 bits per heavy atom. The van der Waals surface area contributed by atoms with Crippen molar-refractivity contribution in [1.29, 1.82) is 0 Å². The Morgan fingerprint density at radius 3 is 2.20 bits per heavy atom. The molecule has 1 aliphatic rings. The molecule has 5 heteroatoms. The fraction of sp³-hybridized carbons (Fsp3) is 0.367. The number of hydrogen-bond acceptors (Lipinski definition) is 4. The van der Waals surface area contributed by atoms with E-state index in [1.54, 1.807) is 24.5 Å². The molecule has 0 saturated carbocycles. The molecule has 1 saturated heterocycles. The first-order chi connectivity index (χ1) is 16.8. The molecule has 35 heavy (non-hydrogen) atoms. The number of ketones is 1. The molecule has 2 heterocycles. The highest BCUT2D eigenvalue weighted by Gasteiger charge is 2.40. The third-order valence-corrected chi connectivity index (χ3v) is 6.60. The predicted octanol–water partition coefficient (Wildman–Crippen LogP) is 6.51. The number of aromatic nitrogens is 1. The number of hydrogen-bond donors (Lipinski definition) is 0. The molecule has 0 spiro atoms. The molecule has 1 amide bonds. The fourth-order valence-corrected chi connectivity index (χ4v) is 4.94. The van der Waals surface area contributed by atoms with Gasteiger partial charge in [-0.25, -0.2) is 4.79 Å². The molecule has 182 valence electrons. The smallest absolute Gasteiger partial charge is 0.410 e. The number of ether oxygens (including phenoxy) is 1. The highest BCUT2D eigenvalue weighted by atomic mass is 16.6. The van der Waals surface area contributed by atoms with Crippen molar-refractivity contribution in [3.63, 3.8) is 0 Å². The summed E-state index contributed by atoms with van der Waals surface area (Å²) < 4.78 is 5.81. The van der Waals surface area contributed by atoms with Gasteiger partial charge in [0.1, 0.15) is 5.60 Å². The average Bonchev–Trinajstić information content (AvgIpc) is 2.87. The second-order valence-electron chi connectivity index (χ2n) is 10.3. The zero-order valence-electron chi connectivity index (χ0n) is 20.8. The normalized spacial score (nSPS) is 19.1. The monoisotopic (exact) mass is 470 g/mol. The highest BCUT2D eigenvalue weighted by molar-refractivity contribution is 5.98. The number of carbonyl (C=O) groups is 2. The zero-order valence-corrected chi connectivity index (χ0v) is 20.8. The quantitative estimate of drug-likeness (QED) is 0.385. The van der Waals surface area contributed by atoms with Gasteiger partial charge in [-0.05, 0) is 69.2 Å². The number of amides is 1. The number of benzene rings is 2. The van der Waals surface area contributed by atoms with Crippen molar-refractivity contribution in [1.82, 2.24) is 9.88 Å². The van der Waals surface area contributed by atoms with Crippen LogP contribution in [0.2, 0.25) is 0 Å². The molecule has 1 aliphatic heterocycles. The minimum Gasteiger partial charge on any atom is -0.444 e. The van der Waals surface area contributed by atoms with Gasteiger partial charge in [0, 0.05) is 30.4 Å². The van der Waals surface area contributed by atoms with E-state index in [4.69, 9.17) is 4.74 Å². The van der Waals surface area contributed by atoms with Crippen molar-refractivity contribution in [3.05, 3.63) is 102 Å². The van der Waals surface area contributed by atoms with Gasteiger partial charge in [0.25, 0.3) is 0 Å². The van der Waals surface area contributed by atoms with Crippen molar-refractivity contribution in [2.24, 2.45) is 11.8 Å². The van der Waals surface area contributed by atoms with Crippen LogP contribution in [0.3, 0.4) is 0 Å². The molecule has 5 nitrogen and oxygen atoms in total. The Morgan fingerprint density at radius 1 is 0.943 bits per heavy atom. The summed E-state index contributed by atoms with van der Waals surface area (Å²) in [6.45, 7) is 6.13. The van der Waals surface area contributed by atoms with Gasteiger partial charge in [-0.2, -0.15) is 0 Å². The summed E-state index contributed by atoms with van der Waals surface area (Å²) >= 11 is 0. The predicted molar refractivity (Wildman–Crippen MR) is 137 cm³/mol. The number of rotatable bonds is 6. The van der Waals surface area contributed by atoms with Crippen LogP contribution in [-0.2, 0) is 11.2 Å². The average molecular weight is 471 g/mol. The minimum absolute atomic E-state index is 0.0170. The Hall–Kier alpha value is -3.47. The topological polar surface area (TPSA) is 59.5 Å².